The summed E-state index contributed by atoms with van der Waals surface area (Å²) in [5.41, 5.74) is 3.94. The summed E-state index contributed by atoms with van der Waals surface area (Å²) in [6.45, 7) is 2.38. The van der Waals surface area contributed by atoms with Crippen molar-refractivity contribution in [1.29, 1.82) is 0 Å². The summed E-state index contributed by atoms with van der Waals surface area (Å²) in [5, 5.41) is 2.95. The Morgan fingerprint density at radius 3 is 2.46 bits per heavy atom. The molecule has 3 rings (SSSR count). The summed E-state index contributed by atoms with van der Waals surface area (Å²) in [7, 11) is 1.65. The Balaban J connectivity index is 1.46. The molecular formula is C22H27NO3. The standard InChI is InChI=1S/C22H27NO3/c1-16(26-21-12-9-18-5-3-4-6-19(18)15-21)22(24)23-14-13-17-7-10-20(25-2)11-8-17/h7-12,15-16H,3-6,13-14H2,1-2H3,(H,23,24)/t16-/m1/s1. The van der Waals surface area contributed by atoms with Crippen molar-refractivity contribution >= 4 is 5.91 Å². The second-order valence-corrected chi connectivity index (χ2v) is 6.79. The number of rotatable bonds is 7. The van der Waals surface area contributed by atoms with Gasteiger partial charge in [-0.2, -0.15) is 0 Å². The number of aryl methyl sites for hydroxylation is 2. The van der Waals surface area contributed by atoms with E-state index in [2.05, 4.69) is 17.4 Å². The number of carbonyl (C=O) groups excluding carboxylic acids is 1. The minimum absolute atomic E-state index is 0.0868. The highest BCUT2D eigenvalue weighted by Gasteiger charge is 2.16. The topological polar surface area (TPSA) is 47.6 Å². The molecule has 0 aliphatic heterocycles. The van der Waals surface area contributed by atoms with Crippen LogP contribution < -0.4 is 14.8 Å². The van der Waals surface area contributed by atoms with Crippen LogP contribution in [0.1, 0.15) is 36.5 Å². The van der Waals surface area contributed by atoms with Crippen LogP contribution in [0.4, 0.5) is 0 Å². The lowest BCUT2D eigenvalue weighted by atomic mass is 9.92. The van der Waals surface area contributed by atoms with Gasteiger partial charge >= 0.3 is 0 Å². The molecule has 0 fully saturated rings. The van der Waals surface area contributed by atoms with Gasteiger partial charge in [0.05, 0.1) is 7.11 Å². The third-order valence-electron chi connectivity index (χ3n) is 4.87. The molecular weight excluding hydrogens is 326 g/mol. The molecule has 26 heavy (non-hydrogen) atoms. The predicted molar refractivity (Wildman–Crippen MR) is 103 cm³/mol. The monoisotopic (exact) mass is 353 g/mol. The van der Waals surface area contributed by atoms with E-state index in [0.29, 0.717) is 6.54 Å². The van der Waals surface area contributed by atoms with Crippen molar-refractivity contribution in [2.24, 2.45) is 0 Å². The van der Waals surface area contributed by atoms with Crippen molar-refractivity contribution in [1.82, 2.24) is 5.32 Å². The summed E-state index contributed by atoms with van der Waals surface area (Å²) >= 11 is 0. The number of amides is 1. The maximum Gasteiger partial charge on any atom is 0.260 e. The Morgan fingerprint density at radius 1 is 1.04 bits per heavy atom. The summed E-state index contributed by atoms with van der Waals surface area (Å²) in [6.07, 6.45) is 5.03. The van der Waals surface area contributed by atoms with Gasteiger partial charge in [-0.05, 0) is 80.0 Å². The third kappa shape index (κ3) is 4.78. The van der Waals surface area contributed by atoms with E-state index in [9.17, 15) is 4.79 Å². The molecule has 2 aromatic rings. The fourth-order valence-corrected chi connectivity index (χ4v) is 3.31. The quantitative estimate of drug-likeness (QED) is 0.826. The predicted octanol–water partition coefficient (Wildman–Crippen LogP) is 3.70. The maximum atomic E-state index is 12.3. The van der Waals surface area contributed by atoms with E-state index < -0.39 is 6.10 Å². The first-order valence-electron chi connectivity index (χ1n) is 9.35. The molecule has 0 unspecified atom stereocenters. The summed E-state index contributed by atoms with van der Waals surface area (Å²) in [5.74, 6) is 1.53. The summed E-state index contributed by atoms with van der Waals surface area (Å²) in [6, 6.07) is 14.1. The van der Waals surface area contributed by atoms with Gasteiger partial charge in [-0.25, -0.2) is 0 Å². The first-order chi connectivity index (χ1) is 12.7. The fourth-order valence-electron chi connectivity index (χ4n) is 3.31. The van der Waals surface area contributed by atoms with Gasteiger partial charge in [-0.3, -0.25) is 4.79 Å². The van der Waals surface area contributed by atoms with Gasteiger partial charge in [0.2, 0.25) is 0 Å². The molecule has 0 radical (unpaired) electrons. The molecule has 0 bridgehead atoms. The van der Waals surface area contributed by atoms with E-state index in [4.69, 9.17) is 9.47 Å². The Kier molecular flexibility index (Phi) is 6.16. The highest BCUT2D eigenvalue weighted by Crippen LogP contribution is 2.25. The highest BCUT2D eigenvalue weighted by molar-refractivity contribution is 5.80. The second-order valence-electron chi connectivity index (χ2n) is 6.79. The largest absolute Gasteiger partial charge is 0.497 e. The molecule has 0 saturated heterocycles. The maximum absolute atomic E-state index is 12.3. The highest BCUT2D eigenvalue weighted by atomic mass is 16.5. The van der Waals surface area contributed by atoms with E-state index >= 15 is 0 Å². The van der Waals surface area contributed by atoms with Gasteiger partial charge in [0.15, 0.2) is 6.10 Å². The molecule has 0 aromatic heterocycles. The van der Waals surface area contributed by atoms with Crippen molar-refractivity contribution in [3.8, 4) is 11.5 Å². The van der Waals surface area contributed by atoms with Gasteiger partial charge in [-0.15, -0.1) is 0 Å². The van der Waals surface area contributed by atoms with Crippen molar-refractivity contribution in [2.75, 3.05) is 13.7 Å². The number of methoxy groups -OCH3 is 1. The average Bonchev–Trinajstić information content (AvgIpc) is 2.68. The van der Waals surface area contributed by atoms with E-state index in [0.717, 1.165) is 36.3 Å². The van der Waals surface area contributed by atoms with E-state index in [1.807, 2.05) is 30.3 Å². The zero-order valence-electron chi connectivity index (χ0n) is 15.6. The normalized spacial score (nSPS) is 14.2. The lowest BCUT2D eigenvalue weighted by Crippen LogP contribution is -2.37. The van der Waals surface area contributed by atoms with Crippen molar-refractivity contribution < 1.29 is 14.3 Å². The minimum Gasteiger partial charge on any atom is -0.497 e. The van der Waals surface area contributed by atoms with Crippen LogP contribution in [0, 0.1) is 0 Å². The lowest BCUT2D eigenvalue weighted by molar-refractivity contribution is -0.127. The average molecular weight is 353 g/mol. The molecule has 2 aromatic carbocycles. The molecule has 1 aliphatic carbocycles. The van der Waals surface area contributed by atoms with Crippen molar-refractivity contribution in [3.63, 3.8) is 0 Å². The fraction of sp³-hybridized carbons (Fsp3) is 0.409. The van der Waals surface area contributed by atoms with E-state index in [-0.39, 0.29) is 5.91 Å². The molecule has 1 N–H and O–H groups in total. The number of carbonyl (C=O) groups is 1. The lowest BCUT2D eigenvalue weighted by Gasteiger charge is -2.19. The Bertz CT molecular complexity index is 740. The van der Waals surface area contributed by atoms with Crippen LogP contribution in [0.5, 0.6) is 11.5 Å². The molecule has 4 heteroatoms. The molecule has 0 saturated carbocycles. The van der Waals surface area contributed by atoms with Crippen LogP contribution in [-0.4, -0.2) is 25.7 Å². The molecule has 1 atom stereocenters. The number of hydrogen-bond acceptors (Lipinski definition) is 3. The van der Waals surface area contributed by atoms with Crippen molar-refractivity contribution in [2.45, 2.75) is 45.1 Å². The van der Waals surface area contributed by atoms with Crippen LogP contribution >= 0.6 is 0 Å². The second kappa shape index (κ2) is 8.75. The first kappa shape index (κ1) is 18.3. The molecule has 1 aliphatic rings. The first-order valence-corrected chi connectivity index (χ1v) is 9.35. The summed E-state index contributed by atoms with van der Waals surface area (Å²) < 4.78 is 11.0. The zero-order chi connectivity index (χ0) is 18.4. The van der Waals surface area contributed by atoms with Gasteiger partial charge < -0.3 is 14.8 Å². The Labute approximate surface area is 155 Å². The summed E-state index contributed by atoms with van der Waals surface area (Å²) in [4.78, 5) is 12.3. The van der Waals surface area contributed by atoms with Crippen LogP contribution in [0.2, 0.25) is 0 Å². The number of fused-ring (bicyclic) bond motifs is 1. The molecule has 0 spiro atoms. The number of benzene rings is 2. The molecule has 0 heterocycles. The van der Waals surface area contributed by atoms with Gasteiger partial charge in [0.1, 0.15) is 11.5 Å². The minimum atomic E-state index is -0.507. The van der Waals surface area contributed by atoms with E-state index in [1.54, 1.807) is 14.0 Å². The van der Waals surface area contributed by atoms with Crippen LogP contribution in [0.25, 0.3) is 0 Å². The molecule has 4 nitrogen and oxygen atoms in total. The Morgan fingerprint density at radius 2 is 1.73 bits per heavy atom. The van der Waals surface area contributed by atoms with Gasteiger partial charge in [-0.1, -0.05) is 18.2 Å². The smallest absolute Gasteiger partial charge is 0.260 e. The molecule has 138 valence electrons. The van der Waals surface area contributed by atoms with Crippen molar-refractivity contribution in [3.05, 3.63) is 59.2 Å². The number of nitrogens with one attached hydrogen (secondary N) is 1. The van der Waals surface area contributed by atoms with Crippen LogP contribution in [0.3, 0.4) is 0 Å². The number of ether oxygens (including phenoxy) is 2. The Hall–Kier alpha value is -2.49. The third-order valence-corrected chi connectivity index (χ3v) is 4.87. The van der Waals surface area contributed by atoms with Crippen LogP contribution in [-0.2, 0) is 24.1 Å². The van der Waals surface area contributed by atoms with Crippen LogP contribution in [0.15, 0.2) is 42.5 Å². The van der Waals surface area contributed by atoms with Gasteiger partial charge in [0.25, 0.3) is 5.91 Å². The van der Waals surface area contributed by atoms with E-state index in [1.165, 1.54) is 24.0 Å². The SMILES string of the molecule is COc1ccc(CCNC(=O)[C@@H](C)Oc2ccc3c(c2)CCCC3)cc1. The number of hydrogen-bond donors (Lipinski definition) is 1. The molecule has 1 amide bonds. The van der Waals surface area contributed by atoms with Gasteiger partial charge in [0, 0.05) is 6.54 Å². The zero-order valence-corrected chi connectivity index (χ0v) is 15.6.